The molecular formula is C30H23N3O3. The maximum Gasteiger partial charge on any atom is 0.339 e. The average Bonchev–Trinajstić information content (AvgIpc) is 3.29. The Bertz CT molecular complexity index is 1740. The molecule has 0 N–H and O–H groups in total. The molecule has 5 aromatic rings. The van der Waals surface area contributed by atoms with Gasteiger partial charge < -0.3 is 4.74 Å². The summed E-state index contributed by atoms with van der Waals surface area (Å²) >= 11 is 0. The molecule has 6 rings (SSSR count). The molecular weight excluding hydrogens is 450 g/mol. The van der Waals surface area contributed by atoms with Gasteiger partial charge in [0.15, 0.2) is 0 Å². The zero-order chi connectivity index (χ0) is 24.6. The van der Waals surface area contributed by atoms with Gasteiger partial charge >= 0.3 is 5.97 Å². The molecule has 1 aliphatic rings. The first-order valence-corrected chi connectivity index (χ1v) is 11.9. The van der Waals surface area contributed by atoms with E-state index in [0.29, 0.717) is 23.3 Å². The Morgan fingerprint density at radius 1 is 1.00 bits per heavy atom. The lowest BCUT2D eigenvalue weighted by Gasteiger charge is -2.13. The van der Waals surface area contributed by atoms with Crippen molar-refractivity contribution >= 4 is 34.2 Å². The van der Waals surface area contributed by atoms with Gasteiger partial charge in [-0.05, 0) is 60.2 Å². The van der Waals surface area contributed by atoms with Crippen LogP contribution in [0.1, 0.15) is 44.9 Å². The van der Waals surface area contributed by atoms with E-state index in [0.717, 1.165) is 45.3 Å². The number of esters is 1. The van der Waals surface area contributed by atoms with Gasteiger partial charge in [-0.15, -0.1) is 0 Å². The van der Waals surface area contributed by atoms with Crippen LogP contribution in [0.25, 0.3) is 28.2 Å². The standard InChI is InChI=1S/C30H23N3O3/c1-19-8-7-15-33-26(34)17-22(31-29(19)33)18-36-30(35)27-23-11-5-6-12-25(23)32-28-21(13-14-24(27)28)16-20-9-3-2-4-10-20/h2-12,15-17H,13-14,18H2,1H3/b21-16+. The number of aromatic nitrogens is 3. The van der Waals surface area contributed by atoms with Crippen molar-refractivity contribution in [3.05, 3.63) is 123 Å². The molecule has 0 aliphatic heterocycles. The van der Waals surface area contributed by atoms with Gasteiger partial charge in [0.05, 0.1) is 22.5 Å². The van der Waals surface area contributed by atoms with Gasteiger partial charge in [-0.2, -0.15) is 0 Å². The van der Waals surface area contributed by atoms with E-state index in [9.17, 15) is 9.59 Å². The number of carbonyl (C=O) groups excluding carboxylic acids is 1. The van der Waals surface area contributed by atoms with E-state index in [2.05, 4.69) is 23.2 Å². The lowest BCUT2D eigenvalue weighted by Crippen LogP contribution is -2.17. The molecule has 1 aliphatic carbocycles. The lowest BCUT2D eigenvalue weighted by atomic mass is 10.0. The van der Waals surface area contributed by atoms with Crippen molar-refractivity contribution < 1.29 is 9.53 Å². The van der Waals surface area contributed by atoms with Crippen molar-refractivity contribution in [2.75, 3.05) is 0 Å². The number of fused-ring (bicyclic) bond motifs is 3. The summed E-state index contributed by atoms with van der Waals surface area (Å²) in [7, 11) is 0. The second-order valence-electron chi connectivity index (χ2n) is 8.96. The molecule has 0 fully saturated rings. The first kappa shape index (κ1) is 21.9. The van der Waals surface area contributed by atoms with E-state index < -0.39 is 5.97 Å². The molecule has 36 heavy (non-hydrogen) atoms. The van der Waals surface area contributed by atoms with Gasteiger partial charge in [-0.3, -0.25) is 9.20 Å². The molecule has 0 saturated carbocycles. The van der Waals surface area contributed by atoms with Crippen LogP contribution in [-0.4, -0.2) is 20.3 Å². The molecule has 0 unspecified atom stereocenters. The number of hydrogen-bond donors (Lipinski definition) is 0. The highest BCUT2D eigenvalue weighted by Crippen LogP contribution is 2.37. The van der Waals surface area contributed by atoms with Crippen molar-refractivity contribution in [3.8, 4) is 0 Å². The third-order valence-corrected chi connectivity index (χ3v) is 6.58. The fourth-order valence-corrected chi connectivity index (χ4v) is 4.86. The molecule has 0 bridgehead atoms. The predicted octanol–water partition coefficient (Wildman–Crippen LogP) is 5.39. The minimum Gasteiger partial charge on any atom is -0.456 e. The normalized spacial score (nSPS) is 13.9. The van der Waals surface area contributed by atoms with Crippen LogP contribution in [0, 0.1) is 6.92 Å². The number of nitrogens with zero attached hydrogens (tertiary/aromatic N) is 3. The van der Waals surface area contributed by atoms with Crippen LogP contribution in [-0.2, 0) is 17.8 Å². The third-order valence-electron chi connectivity index (χ3n) is 6.58. The second-order valence-corrected chi connectivity index (χ2v) is 8.96. The number of hydrogen-bond acceptors (Lipinski definition) is 5. The number of pyridine rings is 2. The van der Waals surface area contributed by atoms with E-state index in [4.69, 9.17) is 9.72 Å². The van der Waals surface area contributed by atoms with Crippen molar-refractivity contribution in [2.45, 2.75) is 26.4 Å². The van der Waals surface area contributed by atoms with Gasteiger partial charge in [0.1, 0.15) is 12.3 Å². The van der Waals surface area contributed by atoms with Crippen molar-refractivity contribution in [1.82, 2.24) is 14.4 Å². The molecule has 0 amide bonds. The fourth-order valence-electron chi connectivity index (χ4n) is 4.86. The predicted molar refractivity (Wildman–Crippen MR) is 140 cm³/mol. The maximum absolute atomic E-state index is 13.5. The summed E-state index contributed by atoms with van der Waals surface area (Å²) in [5, 5.41) is 0.768. The van der Waals surface area contributed by atoms with Crippen molar-refractivity contribution in [3.63, 3.8) is 0 Å². The molecule has 0 saturated heterocycles. The lowest BCUT2D eigenvalue weighted by molar-refractivity contribution is 0.0469. The highest BCUT2D eigenvalue weighted by atomic mass is 16.5. The minimum atomic E-state index is -0.433. The zero-order valence-corrected chi connectivity index (χ0v) is 19.8. The van der Waals surface area contributed by atoms with Crippen LogP contribution in [0.15, 0.2) is 83.8 Å². The number of benzene rings is 2. The van der Waals surface area contributed by atoms with E-state index >= 15 is 0 Å². The highest BCUT2D eigenvalue weighted by molar-refractivity contribution is 6.07. The quantitative estimate of drug-likeness (QED) is 0.327. The molecule has 0 atom stereocenters. The fraction of sp³-hybridized carbons (Fsp3) is 0.133. The number of carbonyl (C=O) groups is 1. The van der Waals surface area contributed by atoms with Crippen LogP contribution in [0.3, 0.4) is 0 Å². The van der Waals surface area contributed by atoms with Gasteiger partial charge in [0.2, 0.25) is 0 Å². The number of rotatable bonds is 4. The summed E-state index contributed by atoms with van der Waals surface area (Å²) in [4.78, 5) is 35.5. The van der Waals surface area contributed by atoms with Crippen LogP contribution in [0.2, 0.25) is 0 Å². The number of ether oxygens (including phenoxy) is 1. The molecule has 0 radical (unpaired) electrons. The largest absolute Gasteiger partial charge is 0.456 e. The average molecular weight is 474 g/mol. The summed E-state index contributed by atoms with van der Waals surface area (Å²) in [6, 6.07) is 22.9. The summed E-state index contributed by atoms with van der Waals surface area (Å²) in [5.41, 5.74) is 6.90. The molecule has 3 aromatic heterocycles. The van der Waals surface area contributed by atoms with Crippen LogP contribution >= 0.6 is 0 Å². The molecule has 2 aromatic carbocycles. The molecule has 176 valence electrons. The minimum absolute atomic E-state index is 0.0863. The van der Waals surface area contributed by atoms with E-state index in [1.165, 1.54) is 10.5 Å². The highest BCUT2D eigenvalue weighted by Gasteiger charge is 2.27. The Balaban J connectivity index is 1.38. The van der Waals surface area contributed by atoms with Crippen LogP contribution in [0.5, 0.6) is 0 Å². The molecule has 6 nitrogen and oxygen atoms in total. The first-order chi connectivity index (χ1) is 17.6. The first-order valence-electron chi connectivity index (χ1n) is 11.9. The van der Waals surface area contributed by atoms with Gasteiger partial charge in [0, 0.05) is 17.6 Å². The van der Waals surface area contributed by atoms with Crippen LogP contribution in [0.4, 0.5) is 0 Å². The summed E-state index contributed by atoms with van der Waals surface area (Å²) < 4.78 is 7.24. The third kappa shape index (κ3) is 3.86. The van der Waals surface area contributed by atoms with Crippen molar-refractivity contribution in [2.24, 2.45) is 0 Å². The number of aryl methyl sites for hydroxylation is 1. The van der Waals surface area contributed by atoms with E-state index in [-0.39, 0.29) is 12.2 Å². The summed E-state index contributed by atoms with van der Waals surface area (Å²) in [6.45, 7) is 1.81. The van der Waals surface area contributed by atoms with E-state index in [1.807, 2.05) is 55.5 Å². The SMILES string of the molecule is Cc1cccn2c(=O)cc(COC(=O)c3c4c(nc5ccccc35)/C(=C/c3ccccc3)CC4)nc12. The van der Waals surface area contributed by atoms with Crippen LogP contribution < -0.4 is 5.56 Å². The number of para-hydroxylation sites is 1. The van der Waals surface area contributed by atoms with Crippen molar-refractivity contribution in [1.29, 1.82) is 0 Å². The number of allylic oxidation sites excluding steroid dienone is 1. The summed E-state index contributed by atoms with van der Waals surface area (Å²) in [6.07, 6.45) is 5.33. The molecule has 6 heteroatoms. The summed E-state index contributed by atoms with van der Waals surface area (Å²) in [5.74, 6) is -0.433. The van der Waals surface area contributed by atoms with Gasteiger partial charge in [0.25, 0.3) is 5.56 Å². The maximum atomic E-state index is 13.5. The second kappa shape index (κ2) is 8.89. The molecule has 0 spiro atoms. The Labute approximate surface area is 207 Å². The zero-order valence-electron chi connectivity index (χ0n) is 19.8. The smallest absolute Gasteiger partial charge is 0.339 e. The Kier molecular flexibility index (Phi) is 5.41. The van der Waals surface area contributed by atoms with Gasteiger partial charge in [-0.25, -0.2) is 14.8 Å². The molecule has 3 heterocycles. The Hall–Kier alpha value is -4.58. The Morgan fingerprint density at radius 2 is 1.81 bits per heavy atom. The topological polar surface area (TPSA) is 73.6 Å². The monoisotopic (exact) mass is 473 g/mol. The Morgan fingerprint density at radius 3 is 2.67 bits per heavy atom. The van der Waals surface area contributed by atoms with E-state index in [1.54, 1.807) is 12.3 Å². The van der Waals surface area contributed by atoms with Gasteiger partial charge in [-0.1, -0.05) is 54.6 Å².